The van der Waals surface area contributed by atoms with Gasteiger partial charge in [0.05, 0.1) is 7.11 Å². The molecule has 21 heavy (non-hydrogen) atoms. The van der Waals surface area contributed by atoms with E-state index in [0.717, 1.165) is 23.8 Å². The third-order valence-corrected chi connectivity index (χ3v) is 3.80. The molecule has 0 bridgehead atoms. The maximum absolute atomic E-state index is 12.3. The molecule has 0 spiro atoms. The van der Waals surface area contributed by atoms with E-state index in [2.05, 4.69) is 4.90 Å². The van der Waals surface area contributed by atoms with Crippen LogP contribution in [0.15, 0.2) is 35.1 Å². The van der Waals surface area contributed by atoms with E-state index in [1.54, 1.807) is 18.6 Å². The first-order valence-corrected chi connectivity index (χ1v) is 6.72. The van der Waals surface area contributed by atoms with Crippen LogP contribution in [0.4, 0.5) is 11.5 Å². The lowest BCUT2D eigenvalue weighted by atomic mass is 10.1. The van der Waals surface area contributed by atoms with E-state index in [0.29, 0.717) is 12.1 Å². The first-order chi connectivity index (χ1) is 10.2. The van der Waals surface area contributed by atoms with Crippen LogP contribution in [0.3, 0.4) is 0 Å². The predicted octanol–water partition coefficient (Wildman–Crippen LogP) is 2.19. The van der Waals surface area contributed by atoms with Gasteiger partial charge in [-0.3, -0.25) is 9.36 Å². The second-order valence-corrected chi connectivity index (χ2v) is 4.98. The van der Waals surface area contributed by atoms with Crippen molar-refractivity contribution in [3.8, 4) is 11.8 Å². The lowest BCUT2D eigenvalue weighted by molar-refractivity contribution is 0.415. The molecule has 0 fully saturated rings. The number of hydrogen-bond donors (Lipinski definition) is 0. The molecule has 3 rings (SSSR count). The molecule has 1 aliphatic rings. The molecule has 0 N–H and O–H groups in total. The number of benzene rings is 1. The van der Waals surface area contributed by atoms with Gasteiger partial charge in [0, 0.05) is 18.8 Å². The molecule has 2 heterocycles. The minimum atomic E-state index is -0.205. The van der Waals surface area contributed by atoms with Gasteiger partial charge in [-0.2, -0.15) is 5.26 Å². The Morgan fingerprint density at radius 2 is 1.95 bits per heavy atom. The van der Waals surface area contributed by atoms with Gasteiger partial charge in [-0.05, 0) is 42.8 Å². The Balaban J connectivity index is 2.08. The van der Waals surface area contributed by atoms with Crippen molar-refractivity contribution in [3.05, 3.63) is 51.8 Å². The minimum absolute atomic E-state index is 0.205. The van der Waals surface area contributed by atoms with E-state index in [9.17, 15) is 4.79 Å². The Bertz CT molecular complexity index is 785. The lowest BCUT2D eigenvalue weighted by Crippen LogP contribution is -2.22. The van der Waals surface area contributed by atoms with Gasteiger partial charge in [0.2, 0.25) is 0 Å². The van der Waals surface area contributed by atoms with Crippen molar-refractivity contribution in [1.82, 2.24) is 4.57 Å². The van der Waals surface area contributed by atoms with Crippen LogP contribution in [0.2, 0.25) is 0 Å². The molecule has 0 saturated carbocycles. The molecule has 0 saturated heterocycles. The summed E-state index contributed by atoms with van der Waals surface area (Å²) in [5.74, 6) is 1.63. The zero-order valence-corrected chi connectivity index (χ0v) is 12.0. The third-order valence-electron chi connectivity index (χ3n) is 3.80. The largest absolute Gasteiger partial charge is 0.497 e. The summed E-state index contributed by atoms with van der Waals surface area (Å²) >= 11 is 0. The van der Waals surface area contributed by atoms with Gasteiger partial charge in [-0.1, -0.05) is 0 Å². The van der Waals surface area contributed by atoms with Crippen LogP contribution >= 0.6 is 0 Å². The topological polar surface area (TPSA) is 58.3 Å². The van der Waals surface area contributed by atoms with Crippen molar-refractivity contribution in [1.29, 1.82) is 5.26 Å². The fourth-order valence-corrected chi connectivity index (χ4v) is 2.67. The number of rotatable bonds is 2. The van der Waals surface area contributed by atoms with Crippen molar-refractivity contribution in [3.63, 3.8) is 0 Å². The van der Waals surface area contributed by atoms with Crippen LogP contribution in [0, 0.1) is 18.3 Å². The van der Waals surface area contributed by atoms with Crippen molar-refractivity contribution >= 4 is 11.5 Å². The van der Waals surface area contributed by atoms with Gasteiger partial charge in [0.25, 0.3) is 5.56 Å². The number of aryl methyl sites for hydroxylation is 1. The number of nitriles is 1. The number of anilines is 2. The van der Waals surface area contributed by atoms with Crippen LogP contribution < -0.4 is 15.2 Å². The molecular formula is C16H15N3O2. The second-order valence-electron chi connectivity index (χ2n) is 4.98. The average Bonchev–Trinajstić information content (AvgIpc) is 2.91. The van der Waals surface area contributed by atoms with Gasteiger partial charge >= 0.3 is 0 Å². The lowest BCUT2D eigenvalue weighted by Gasteiger charge is -2.19. The Kier molecular flexibility index (Phi) is 3.15. The summed E-state index contributed by atoms with van der Waals surface area (Å²) in [5.41, 5.74) is 1.75. The van der Waals surface area contributed by atoms with Crippen molar-refractivity contribution in [2.45, 2.75) is 13.5 Å². The van der Waals surface area contributed by atoms with Crippen molar-refractivity contribution in [2.24, 2.45) is 0 Å². The van der Waals surface area contributed by atoms with Crippen LogP contribution in [-0.2, 0) is 6.54 Å². The first-order valence-electron chi connectivity index (χ1n) is 6.72. The van der Waals surface area contributed by atoms with Crippen LogP contribution in [0.5, 0.6) is 5.75 Å². The molecular weight excluding hydrogens is 266 g/mol. The Labute approximate surface area is 122 Å². The molecule has 2 aromatic rings. The van der Waals surface area contributed by atoms with Gasteiger partial charge in [-0.15, -0.1) is 0 Å². The van der Waals surface area contributed by atoms with E-state index in [-0.39, 0.29) is 11.1 Å². The molecule has 1 aromatic heterocycles. The Morgan fingerprint density at radius 3 is 2.57 bits per heavy atom. The molecule has 0 aliphatic carbocycles. The molecule has 5 nitrogen and oxygen atoms in total. The fourth-order valence-electron chi connectivity index (χ4n) is 2.67. The highest BCUT2D eigenvalue weighted by Gasteiger charge is 2.23. The van der Waals surface area contributed by atoms with Crippen LogP contribution in [0.25, 0.3) is 0 Å². The molecule has 1 aliphatic heterocycles. The number of ether oxygens (including phenoxy) is 1. The fraction of sp³-hybridized carbons (Fsp3) is 0.250. The second kappa shape index (κ2) is 4.98. The monoisotopic (exact) mass is 281 g/mol. The van der Waals surface area contributed by atoms with E-state index in [1.807, 2.05) is 36.4 Å². The molecule has 0 atom stereocenters. The van der Waals surface area contributed by atoms with Crippen molar-refractivity contribution < 1.29 is 4.74 Å². The predicted molar refractivity (Wildman–Crippen MR) is 80.2 cm³/mol. The number of hydrogen-bond acceptors (Lipinski definition) is 4. The van der Waals surface area contributed by atoms with Gasteiger partial charge < -0.3 is 9.64 Å². The summed E-state index contributed by atoms with van der Waals surface area (Å²) in [4.78, 5) is 14.4. The van der Waals surface area contributed by atoms with Crippen LogP contribution in [0.1, 0.15) is 11.1 Å². The van der Waals surface area contributed by atoms with Gasteiger partial charge in [0.15, 0.2) is 0 Å². The molecule has 0 amide bonds. The normalized spacial score (nSPS) is 12.9. The summed E-state index contributed by atoms with van der Waals surface area (Å²) in [6.45, 7) is 3.11. The number of pyridine rings is 1. The highest BCUT2D eigenvalue weighted by molar-refractivity contribution is 5.64. The zero-order chi connectivity index (χ0) is 15.0. The molecule has 0 radical (unpaired) electrons. The molecule has 0 unspecified atom stereocenters. The maximum atomic E-state index is 12.3. The van der Waals surface area contributed by atoms with E-state index in [4.69, 9.17) is 10.00 Å². The first kappa shape index (κ1) is 13.3. The highest BCUT2D eigenvalue weighted by Crippen LogP contribution is 2.30. The smallest absolute Gasteiger partial charge is 0.270 e. The summed E-state index contributed by atoms with van der Waals surface area (Å²) < 4.78 is 6.82. The summed E-state index contributed by atoms with van der Waals surface area (Å²) in [6, 6.07) is 11.6. The zero-order valence-electron chi connectivity index (χ0n) is 12.0. The Morgan fingerprint density at radius 1 is 1.24 bits per heavy atom. The van der Waals surface area contributed by atoms with Gasteiger partial charge in [-0.25, -0.2) is 0 Å². The van der Waals surface area contributed by atoms with E-state index < -0.39 is 0 Å². The Hall–Kier alpha value is -2.74. The quantitative estimate of drug-likeness (QED) is 0.846. The summed E-state index contributed by atoms with van der Waals surface area (Å²) in [5, 5.41) is 9.08. The maximum Gasteiger partial charge on any atom is 0.270 e. The highest BCUT2D eigenvalue weighted by atomic mass is 16.5. The molecule has 5 heteroatoms. The average molecular weight is 281 g/mol. The number of fused-ring (bicyclic) bond motifs is 1. The SMILES string of the molecule is COc1ccc(N2CCn3c2cc(C)c(C#N)c3=O)cc1. The summed E-state index contributed by atoms with van der Waals surface area (Å²) in [7, 11) is 1.63. The van der Waals surface area contributed by atoms with Crippen LogP contribution in [-0.4, -0.2) is 18.2 Å². The van der Waals surface area contributed by atoms with Crippen molar-refractivity contribution in [2.75, 3.05) is 18.6 Å². The minimum Gasteiger partial charge on any atom is -0.497 e. The van der Waals surface area contributed by atoms with E-state index >= 15 is 0 Å². The number of nitrogens with zero attached hydrogens (tertiary/aromatic N) is 3. The number of methoxy groups -OCH3 is 1. The standard InChI is InChI=1S/C16H15N3O2/c1-11-9-15-18(12-3-5-13(21-2)6-4-12)7-8-19(15)16(20)14(11)10-17/h3-6,9H,7-8H2,1-2H3. The molecule has 106 valence electrons. The summed E-state index contributed by atoms with van der Waals surface area (Å²) in [6.07, 6.45) is 0. The molecule has 1 aromatic carbocycles. The third kappa shape index (κ3) is 2.05. The van der Waals surface area contributed by atoms with E-state index in [1.165, 1.54) is 0 Å². The number of aromatic nitrogens is 1. The van der Waals surface area contributed by atoms with Gasteiger partial charge in [0.1, 0.15) is 23.2 Å².